The van der Waals surface area contributed by atoms with Gasteiger partial charge in [-0.1, -0.05) is 47.7 Å². The van der Waals surface area contributed by atoms with Crippen molar-refractivity contribution < 1.29 is 19.4 Å². The normalized spacial score (nSPS) is 14.4. The third kappa shape index (κ3) is 7.64. The molecule has 6 heteroatoms. The van der Waals surface area contributed by atoms with Gasteiger partial charge in [-0.2, -0.15) is 0 Å². The summed E-state index contributed by atoms with van der Waals surface area (Å²) in [4.78, 5) is 13.5. The van der Waals surface area contributed by atoms with Crippen LogP contribution in [-0.4, -0.2) is 48.3 Å². The number of hydrogen-bond donors (Lipinski definition) is 1. The molecular weight excluding hydrogens is 498 g/mol. The van der Waals surface area contributed by atoms with Crippen LogP contribution in [0.1, 0.15) is 42.0 Å². The number of likely N-dealkylation sites (tertiary alicyclic amines) is 1. The zero-order valence-corrected chi connectivity index (χ0v) is 22.5. The Morgan fingerprint density at radius 3 is 2.34 bits per heavy atom. The molecule has 196 valence electrons. The molecule has 1 fully saturated rings. The summed E-state index contributed by atoms with van der Waals surface area (Å²) in [5, 5.41) is 9.77. The monoisotopic (exact) mass is 529 g/mol. The number of ether oxygens (including phenoxy) is 2. The number of carboxylic acid groups (broad SMARTS) is 1. The van der Waals surface area contributed by atoms with E-state index in [9.17, 15) is 4.79 Å². The van der Waals surface area contributed by atoms with Crippen molar-refractivity contribution in [2.24, 2.45) is 0 Å². The SMILES string of the molecule is Cc1cc(OC/C=C(/c2ccc(Cl)cc2)c2ccc(C#CCN3CCCC3)cc2)ccc1OC(C)C(=O)O. The van der Waals surface area contributed by atoms with Gasteiger partial charge in [0.25, 0.3) is 0 Å². The van der Waals surface area contributed by atoms with Crippen molar-refractivity contribution in [3.05, 3.63) is 100 Å². The molecule has 0 spiro atoms. The lowest BCUT2D eigenvalue weighted by Crippen LogP contribution is -2.23. The molecule has 38 heavy (non-hydrogen) atoms. The topological polar surface area (TPSA) is 59.0 Å². The molecule has 5 nitrogen and oxygen atoms in total. The Kier molecular flexibility index (Phi) is 9.48. The van der Waals surface area contributed by atoms with Gasteiger partial charge in [-0.05, 0) is 111 Å². The molecule has 1 atom stereocenters. The van der Waals surface area contributed by atoms with E-state index >= 15 is 0 Å². The number of carbonyl (C=O) groups is 1. The Labute approximate surface area is 229 Å². The largest absolute Gasteiger partial charge is 0.489 e. The number of carboxylic acids is 1. The van der Waals surface area contributed by atoms with Crippen LogP contribution in [0.15, 0.2) is 72.8 Å². The Balaban J connectivity index is 1.47. The fourth-order valence-corrected chi connectivity index (χ4v) is 4.39. The van der Waals surface area contributed by atoms with Crippen molar-refractivity contribution in [1.29, 1.82) is 0 Å². The van der Waals surface area contributed by atoms with Crippen LogP contribution >= 0.6 is 11.6 Å². The molecule has 0 bridgehead atoms. The summed E-state index contributed by atoms with van der Waals surface area (Å²) < 4.78 is 11.5. The van der Waals surface area contributed by atoms with Crippen LogP contribution in [0.3, 0.4) is 0 Å². The molecule has 3 aromatic carbocycles. The van der Waals surface area contributed by atoms with Gasteiger partial charge in [-0.15, -0.1) is 0 Å². The second-order valence-corrected chi connectivity index (χ2v) is 9.76. The maximum Gasteiger partial charge on any atom is 0.344 e. The first-order valence-corrected chi connectivity index (χ1v) is 13.2. The first-order chi connectivity index (χ1) is 18.4. The molecule has 1 aliphatic rings. The first-order valence-electron chi connectivity index (χ1n) is 12.8. The van der Waals surface area contributed by atoms with Gasteiger partial charge in [0.2, 0.25) is 0 Å². The van der Waals surface area contributed by atoms with Gasteiger partial charge in [0.15, 0.2) is 6.10 Å². The van der Waals surface area contributed by atoms with Crippen molar-refractivity contribution in [2.75, 3.05) is 26.2 Å². The molecule has 0 saturated carbocycles. The zero-order valence-electron chi connectivity index (χ0n) is 21.7. The number of rotatable bonds is 9. The molecule has 1 heterocycles. The van der Waals surface area contributed by atoms with E-state index < -0.39 is 12.1 Å². The summed E-state index contributed by atoms with van der Waals surface area (Å²) in [6.45, 7) is 6.82. The zero-order chi connectivity index (χ0) is 26.9. The predicted octanol–water partition coefficient (Wildman–Crippen LogP) is 6.46. The average Bonchev–Trinajstić information content (AvgIpc) is 3.43. The Morgan fingerprint density at radius 2 is 1.71 bits per heavy atom. The van der Waals surface area contributed by atoms with E-state index in [-0.39, 0.29) is 0 Å². The van der Waals surface area contributed by atoms with Crippen LogP contribution in [0.25, 0.3) is 5.57 Å². The maximum absolute atomic E-state index is 11.1. The van der Waals surface area contributed by atoms with E-state index in [1.165, 1.54) is 19.8 Å². The third-order valence-corrected chi connectivity index (χ3v) is 6.67. The van der Waals surface area contributed by atoms with E-state index in [4.69, 9.17) is 26.2 Å². The van der Waals surface area contributed by atoms with Gasteiger partial charge in [0.1, 0.15) is 18.1 Å². The van der Waals surface area contributed by atoms with Gasteiger partial charge in [0.05, 0.1) is 6.54 Å². The van der Waals surface area contributed by atoms with Crippen molar-refractivity contribution >= 4 is 23.1 Å². The summed E-state index contributed by atoms with van der Waals surface area (Å²) in [6, 6.07) is 21.4. The van der Waals surface area contributed by atoms with Crippen LogP contribution in [-0.2, 0) is 4.79 Å². The van der Waals surface area contributed by atoms with Crippen molar-refractivity contribution in [3.63, 3.8) is 0 Å². The molecule has 0 amide bonds. The summed E-state index contributed by atoms with van der Waals surface area (Å²) in [5.41, 5.74) is 4.93. The summed E-state index contributed by atoms with van der Waals surface area (Å²) >= 11 is 6.13. The number of aryl methyl sites for hydroxylation is 1. The van der Waals surface area contributed by atoms with Crippen LogP contribution in [0.4, 0.5) is 0 Å². The third-order valence-electron chi connectivity index (χ3n) is 6.42. The maximum atomic E-state index is 11.1. The molecule has 1 saturated heterocycles. The molecule has 1 aliphatic heterocycles. The smallest absolute Gasteiger partial charge is 0.344 e. The molecule has 3 aromatic rings. The minimum absolute atomic E-state index is 0.348. The van der Waals surface area contributed by atoms with Crippen molar-refractivity contribution in [2.45, 2.75) is 32.8 Å². The number of benzene rings is 3. The predicted molar refractivity (Wildman–Crippen MR) is 152 cm³/mol. The lowest BCUT2D eigenvalue weighted by atomic mass is 9.97. The lowest BCUT2D eigenvalue weighted by Gasteiger charge is -2.14. The number of aliphatic carboxylic acids is 1. The highest BCUT2D eigenvalue weighted by Crippen LogP contribution is 2.27. The minimum Gasteiger partial charge on any atom is -0.489 e. The van der Waals surface area contributed by atoms with Gasteiger partial charge < -0.3 is 14.6 Å². The molecule has 0 radical (unpaired) electrons. The van der Waals surface area contributed by atoms with E-state index in [0.29, 0.717) is 23.1 Å². The number of hydrogen-bond acceptors (Lipinski definition) is 4. The second kappa shape index (κ2) is 13.2. The van der Waals surface area contributed by atoms with Crippen LogP contribution in [0, 0.1) is 18.8 Å². The first kappa shape index (κ1) is 27.3. The lowest BCUT2D eigenvalue weighted by molar-refractivity contribution is -0.144. The van der Waals surface area contributed by atoms with Gasteiger partial charge in [-0.25, -0.2) is 4.79 Å². The molecule has 1 N–H and O–H groups in total. The Morgan fingerprint density at radius 1 is 1.05 bits per heavy atom. The highest BCUT2D eigenvalue weighted by atomic mass is 35.5. The van der Waals surface area contributed by atoms with Crippen molar-refractivity contribution in [3.8, 4) is 23.3 Å². The summed E-state index contributed by atoms with van der Waals surface area (Å²) in [6.07, 6.45) is 3.66. The van der Waals surface area contributed by atoms with Crippen molar-refractivity contribution in [1.82, 2.24) is 4.90 Å². The minimum atomic E-state index is -1.01. The van der Waals surface area contributed by atoms with Gasteiger partial charge >= 0.3 is 5.97 Å². The fourth-order valence-electron chi connectivity index (χ4n) is 4.27. The quantitative estimate of drug-likeness (QED) is 0.322. The fraction of sp³-hybridized carbons (Fsp3) is 0.281. The standard InChI is InChI=1S/C32H32ClNO4/c1-23-22-29(15-16-31(23)38-24(2)32(35)36)37-21-17-30(27-11-13-28(33)14-12-27)26-9-7-25(8-10-26)6-5-20-34-18-3-4-19-34/h7-17,22,24H,3-4,18-21H2,1-2H3,(H,35,36)/b30-17+. The van der Waals surface area contributed by atoms with Crippen LogP contribution < -0.4 is 9.47 Å². The van der Waals surface area contributed by atoms with E-state index in [2.05, 4.69) is 41.0 Å². The van der Waals surface area contributed by atoms with E-state index in [0.717, 1.165) is 47.5 Å². The van der Waals surface area contributed by atoms with Gasteiger partial charge in [-0.3, -0.25) is 4.90 Å². The van der Waals surface area contributed by atoms with Crippen LogP contribution in [0.5, 0.6) is 11.5 Å². The summed E-state index contributed by atoms with van der Waals surface area (Å²) in [5.74, 6) is 6.76. The highest BCUT2D eigenvalue weighted by Gasteiger charge is 2.14. The van der Waals surface area contributed by atoms with Gasteiger partial charge in [0, 0.05) is 10.6 Å². The summed E-state index contributed by atoms with van der Waals surface area (Å²) in [7, 11) is 0. The molecule has 0 aromatic heterocycles. The molecule has 1 unspecified atom stereocenters. The number of nitrogens with zero attached hydrogens (tertiary/aromatic N) is 1. The Hall–Kier alpha value is -3.72. The average molecular weight is 530 g/mol. The van der Waals surface area contributed by atoms with E-state index in [1.54, 1.807) is 12.1 Å². The Bertz CT molecular complexity index is 1330. The highest BCUT2D eigenvalue weighted by molar-refractivity contribution is 6.30. The second-order valence-electron chi connectivity index (χ2n) is 9.32. The molecule has 0 aliphatic carbocycles. The molecule has 4 rings (SSSR count). The molecular formula is C32H32ClNO4. The van der Waals surface area contributed by atoms with E-state index in [1.807, 2.05) is 43.3 Å². The van der Waals surface area contributed by atoms with Crippen LogP contribution in [0.2, 0.25) is 5.02 Å². The number of halogens is 1.